The van der Waals surface area contributed by atoms with E-state index in [2.05, 4.69) is 56.1 Å². The van der Waals surface area contributed by atoms with Gasteiger partial charge in [0.15, 0.2) is 31.5 Å². The Hall–Kier alpha value is -1.31. The minimum atomic E-state index is -3.54. The molecule has 10 nitrogen and oxygen atoms in total. The zero-order chi connectivity index (χ0) is 24.5. The van der Waals surface area contributed by atoms with Gasteiger partial charge in [-0.25, -0.2) is 19.5 Å². The summed E-state index contributed by atoms with van der Waals surface area (Å²) in [6.07, 6.45) is -1.00. The van der Waals surface area contributed by atoms with Gasteiger partial charge >= 0.3 is 6.80 Å². The number of thiol groups is 1. The summed E-state index contributed by atoms with van der Waals surface area (Å²) in [5, 5.41) is 3.89. The van der Waals surface area contributed by atoms with E-state index in [4.69, 9.17) is 28.9 Å². The maximum atomic E-state index is 12.7. The van der Waals surface area contributed by atoms with E-state index in [1.807, 2.05) is 21.4 Å². The van der Waals surface area contributed by atoms with E-state index in [1.165, 1.54) is 6.33 Å². The number of anilines is 1. The predicted molar refractivity (Wildman–Crippen MR) is 136 cm³/mol. The fourth-order valence-electron chi connectivity index (χ4n) is 3.93. The summed E-state index contributed by atoms with van der Waals surface area (Å²) < 4.78 is 39.1. The Kier molecular flexibility index (Phi) is 6.01. The number of rotatable bonds is 4. The number of nitrogens with zero attached hydrogens (tertiary/aromatic N) is 4. The van der Waals surface area contributed by atoms with Gasteiger partial charge in [0.05, 0.1) is 6.61 Å². The molecule has 0 amide bonds. The van der Waals surface area contributed by atoms with Crippen LogP contribution in [-0.2, 0) is 22.8 Å². The molecule has 3 aromatic rings. The van der Waals surface area contributed by atoms with Crippen LogP contribution in [0.25, 0.3) is 22.6 Å². The largest absolute Gasteiger partial charge is 0.407 e. The molecule has 0 spiro atoms. The van der Waals surface area contributed by atoms with Gasteiger partial charge in [-0.2, -0.15) is 11.3 Å². The lowest BCUT2D eigenvalue weighted by Gasteiger charge is -2.41. The lowest BCUT2D eigenvalue weighted by molar-refractivity contribution is -0.0551. The van der Waals surface area contributed by atoms with Crippen molar-refractivity contribution >= 4 is 55.7 Å². The van der Waals surface area contributed by atoms with Gasteiger partial charge in [-0.05, 0) is 29.6 Å². The summed E-state index contributed by atoms with van der Waals surface area (Å²) in [6, 6.07) is 1.97. The maximum Gasteiger partial charge on any atom is 0.386 e. The van der Waals surface area contributed by atoms with Gasteiger partial charge in [0.1, 0.15) is 30.5 Å². The van der Waals surface area contributed by atoms with Gasteiger partial charge < -0.3 is 14.9 Å². The molecule has 0 radical (unpaired) electrons. The molecule has 2 saturated heterocycles. The highest BCUT2D eigenvalue weighted by molar-refractivity contribution is 8.44. The predicted octanol–water partition coefficient (Wildman–Crippen LogP) is 4.88. The van der Waals surface area contributed by atoms with E-state index >= 15 is 0 Å². The van der Waals surface area contributed by atoms with Crippen LogP contribution in [0.2, 0.25) is 18.1 Å². The van der Waals surface area contributed by atoms with Crippen molar-refractivity contribution in [2.45, 2.75) is 63.4 Å². The van der Waals surface area contributed by atoms with Crippen LogP contribution in [0.15, 0.2) is 23.2 Å². The van der Waals surface area contributed by atoms with Gasteiger partial charge in [-0.3, -0.25) is 13.6 Å². The Morgan fingerprint density at radius 2 is 2.12 bits per heavy atom. The third-order valence-corrected chi connectivity index (χ3v) is 13.5. The van der Waals surface area contributed by atoms with E-state index in [0.717, 1.165) is 5.56 Å². The van der Waals surface area contributed by atoms with Crippen LogP contribution in [-0.4, -0.2) is 52.8 Å². The number of thiophene rings is 1. The van der Waals surface area contributed by atoms with Crippen molar-refractivity contribution in [1.82, 2.24) is 19.5 Å². The number of hydrogen-bond acceptors (Lipinski definition) is 10. The van der Waals surface area contributed by atoms with Crippen molar-refractivity contribution in [1.29, 1.82) is 0 Å². The molecule has 0 aliphatic carbocycles. The number of fused-ring (bicyclic) bond motifs is 2. The quantitative estimate of drug-likeness (QED) is 0.270. The minimum absolute atomic E-state index is 0.0781. The molecule has 2 N–H and O–H groups in total. The van der Waals surface area contributed by atoms with E-state index in [-0.39, 0.29) is 17.5 Å². The highest BCUT2D eigenvalue weighted by Crippen LogP contribution is 2.60. The monoisotopic (exact) mass is 541 g/mol. The molecular formula is C20H28N5O5PS2Si. The first-order valence-corrected chi connectivity index (χ1v) is 17.4. The summed E-state index contributed by atoms with van der Waals surface area (Å²) in [4.78, 5) is 13.4. The van der Waals surface area contributed by atoms with Crippen LogP contribution in [0, 0.1) is 0 Å². The number of imidazole rings is 1. The molecule has 5 atom stereocenters. The molecule has 3 aromatic heterocycles. The zero-order valence-electron chi connectivity index (χ0n) is 19.5. The van der Waals surface area contributed by atoms with E-state index in [9.17, 15) is 4.57 Å². The molecule has 5 heterocycles. The highest BCUT2D eigenvalue weighted by Gasteiger charge is 2.56. The van der Waals surface area contributed by atoms with Gasteiger partial charge in [0.25, 0.3) is 0 Å². The molecular weight excluding hydrogens is 513 g/mol. The number of nitrogens with two attached hydrogens (primary N) is 1. The van der Waals surface area contributed by atoms with Crippen molar-refractivity contribution < 1.29 is 22.8 Å². The van der Waals surface area contributed by atoms with E-state index < -0.39 is 39.7 Å². The molecule has 0 bridgehead atoms. The van der Waals surface area contributed by atoms with Crippen LogP contribution in [0.5, 0.6) is 0 Å². The Morgan fingerprint density at radius 3 is 2.79 bits per heavy atom. The maximum absolute atomic E-state index is 12.7. The first kappa shape index (κ1) is 24.4. The molecule has 2 aliphatic heterocycles. The average Bonchev–Trinajstić information content (AvgIpc) is 3.44. The van der Waals surface area contributed by atoms with Crippen LogP contribution >= 0.6 is 30.4 Å². The molecule has 5 rings (SSSR count). The van der Waals surface area contributed by atoms with Crippen molar-refractivity contribution in [2.75, 3.05) is 12.3 Å². The number of hydrogen-bond donors (Lipinski definition) is 2. The summed E-state index contributed by atoms with van der Waals surface area (Å²) in [7, 11) is -2.31. The van der Waals surface area contributed by atoms with Gasteiger partial charge in [0.2, 0.25) is 0 Å². The second-order valence-corrected chi connectivity index (χ2v) is 18.4. The first-order chi connectivity index (χ1) is 15.9. The fourth-order valence-corrected chi connectivity index (χ4v) is 7.34. The minimum Gasteiger partial charge on any atom is -0.407 e. The van der Waals surface area contributed by atoms with Crippen molar-refractivity contribution in [3.63, 3.8) is 0 Å². The average molecular weight is 542 g/mol. The molecule has 2 fully saturated rings. The number of ether oxygens (including phenoxy) is 1. The standard InChI is InChI=1S/C20H28N5O5PS2Si/c1-20(2,3)34(4,5)30-15-14-12(8-27-31(26,32)29-14)28-19(15)25-17(11-6-7-33-9-11)24-13-16(21)22-10-23-18(13)25/h6-7,9-10,12,14-15,19H,8H2,1-5H3,(H,26,32)(H2,21,22,23)/t12?,14?,15-,19-,31-/m1/s1. The van der Waals surface area contributed by atoms with Crippen molar-refractivity contribution in [3.05, 3.63) is 23.2 Å². The lowest BCUT2D eigenvalue weighted by Crippen LogP contribution is -2.50. The molecule has 2 unspecified atom stereocenters. The summed E-state index contributed by atoms with van der Waals surface area (Å²) in [6.45, 7) is 7.33. The Morgan fingerprint density at radius 1 is 1.35 bits per heavy atom. The molecule has 0 aromatic carbocycles. The number of nitrogen functional groups attached to an aromatic ring is 1. The number of aromatic nitrogens is 4. The Balaban J connectivity index is 1.68. The summed E-state index contributed by atoms with van der Waals surface area (Å²) >= 11 is 5.67. The van der Waals surface area contributed by atoms with Gasteiger partial charge in [-0.15, -0.1) is 0 Å². The highest BCUT2D eigenvalue weighted by atomic mass is 32.7. The van der Waals surface area contributed by atoms with Crippen LogP contribution < -0.4 is 5.73 Å². The molecule has 34 heavy (non-hydrogen) atoms. The molecule has 2 aliphatic rings. The smallest absolute Gasteiger partial charge is 0.386 e. The normalized spacial score (nSPS) is 30.1. The third kappa shape index (κ3) is 4.15. The zero-order valence-corrected chi connectivity index (χ0v) is 23.1. The summed E-state index contributed by atoms with van der Waals surface area (Å²) in [5.74, 6) is 0.905. The second-order valence-electron chi connectivity index (χ2n) is 9.99. The first-order valence-electron chi connectivity index (χ1n) is 10.9. The Bertz CT molecular complexity index is 1260. The van der Waals surface area contributed by atoms with Crippen molar-refractivity contribution in [3.8, 4) is 11.4 Å². The van der Waals surface area contributed by atoms with E-state index in [1.54, 1.807) is 11.3 Å². The lowest BCUT2D eigenvalue weighted by atomic mass is 10.1. The third-order valence-electron chi connectivity index (χ3n) is 6.72. The second kappa shape index (κ2) is 8.38. The van der Waals surface area contributed by atoms with Crippen LogP contribution in [0.3, 0.4) is 0 Å². The van der Waals surface area contributed by atoms with Crippen LogP contribution in [0.1, 0.15) is 27.0 Å². The topological polar surface area (TPSA) is 124 Å². The summed E-state index contributed by atoms with van der Waals surface area (Å²) in [5.41, 5.74) is 8.05. The molecule has 14 heteroatoms. The van der Waals surface area contributed by atoms with Crippen LogP contribution in [0.4, 0.5) is 5.82 Å². The van der Waals surface area contributed by atoms with E-state index in [0.29, 0.717) is 17.0 Å². The molecule has 0 saturated carbocycles. The molecule has 184 valence electrons. The Labute approximate surface area is 208 Å². The van der Waals surface area contributed by atoms with Gasteiger partial charge in [-0.1, -0.05) is 33.0 Å². The van der Waals surface area contributed by atoms with Crippen molar-refractivity contribution in [2.24, 2.45) is 0 Å². The van der Waals surface area contributed by atoms with Gasteiger partial charge in [0, 0.05) is 10.9 Å². The SMILES string of the molecule is CC(C)(C)[Si](C)(C)O[C@@H]1C2O[P@](=O)(S)OCC2O[C@H]1n1c(-c2ccsc2)nc2c(N)ncnc21. The fraction of sp³-hybridized carbons (Fsp3) is 0.550.